The van der Waals surface area contributed by atoms with Gasteiger partial charge in [0, 0.05) is 0 Å². The van der Waals surface area contributed by atoms with Crippen molar-refractivity contribution < 1.29 is 23.8 Å². The number of amides is 2. The van der Waals surface area contributed by atoms with Gasteiger partial charge in [0.25, 0.3) is 11.1 Å². The van der Waals surface area contributed by atoms with E-state index in [2.05, 4.69) is 0 Å². The SMILES string of the molecule is CCOc1cc(/C=C2\SC(=O)N(Cc3ccccc3C)C2=O)ccc1OCCOc1ccccc1. The molecule has 1 saturated heterocycles. The Morgan fingerprint density at radius 3 is 2.37 bits per heavy atom. The number of para-hydroxylation sites is 1. The molecule has 2 amide bonds. The minimum Gasteiger partial charge on any atom is -0.490 e. The third-order valence-corrected chi connectivity index (χ3v) is 6.29. The molecule has 0 unspecified atom stereocenters. The molecule has 6 nitrogen and oxygen atoms in total. The molecule has 1 aliphatic heterocycles. The molecule has 0 radical (unpaired) electrons. The van der Waals surface area contributed by atoms with Gasteiger partial charge in [-0.25, -0.2) is 0 Å². The maximum Gasteiger partial charge on any atom is 0.293 e. The molecular formula is C28H27NO5S. The number of thioether (sulfide) groups is 1. The molecule has 7 heteroatoms. The highest BCUT2D eigenvalue weighted by Gasteiger charge is 2.35. The minimum absolute atomic E-state index is 0.261. The summed E-state index contributed by atoms with van der Waals surface area (Å²) in [6.07, 6.45) is 1.72. The van der Waals surface area contributed by atoms with Crippen LogP contribution in [0, 0.1) is 6.92 Å². The van der Waals surface area contributed by atoms with Crippen LogP contribution in [0.4, 0.5) is 4.79 Å². The summed E-state index contributed by atoms with van der Waals surface area (Å²) in [5.41, 5.74) is 2.75. The molecule has 0 spiro atoms. The number of hydrogen-bond donors (Lipinski definition) is 0. The van der Waals surface area contributed by atoms with Crippen molar-refractivity contribution in [2.45, 2.75) is 20.4 Å². The number of hydrogen-bond acceptors (Lipinski definition) is 6. The summed E-state index contributed by atoms with van der Waals surface area (Å²) in [4.78, 5) is 27.2. The summed E-state index contributed by atoms with van der Waals surface area (Å²) < 4.78 is 17.3. The molecule has 0 saturated carbocycles. The lowest BCUT2D eigenvalue weighted by Gasteiger charge is -2.14. The smallest absolute Gasteiger partial charge is 0.293 e. The van der Waals surface area contributed by atoms with Crippen LogP contribution in [-0.2, 0) is 11.3 Å². The average Bonchev–Trinajstić information content (AvgIpc) is 3.12. The molecule has 0 aromatic heterocycles. The highest BCUT2D eigenvalue weighted by atomic mass is 32.2. The van der Waals surface area contributed by atoms with Gasteiger partial charge in [0.2, 0.25) is 0 Å². The van der Waals surface area contributed by atoms with Gasteiger partial charge in [-0.3, -0.25) is 14.5 Å². The molecule has 0 N–H and O–H groups in total. The van der Waals surface area contributed by atoms with Crippen molar-refractivity contribution in [2.24, 2.45) is 0 Å². The van der Waals surface area contributed by atoms with E-state index in [0.717, 1.165) is 34.2 Å². The van der Waals surface area contributed by atoms with Gasteiger partial charge in [-0.1, -0.05) is 48.5 Å². The summed E-state index contributed by atoms with van der Waals surface area (Å²) in [6, 6.07) is 22.7. The maximum absolute atomic E-state index is 13.0. The second kappa shape index (κ2) is 11.6. The first-order chi connectivity index (χ1) is 17.0. The number of imide groups is 1. The number of nitrogens with zero attached hydrogens (tertiary/aromatic N) is 1. The zero-order chi connectivity index (χ0) is 24.6. The van der Waals surface area contributed by atoms with Gasteiger partial charge in [-0.2, -0.15) is 0 Å². The zero-order valence-electron chi connectivity index (χ0n) is 19.7. The number of ether oxygens (including phenoxy) is 3. The van der Waals surface area contributed by atoms with E-state index in [-0.39, 0.29) is 17.7 Å². The van der Waals surface area contributed by atoms with Gasteiger partial charge in [-0.15, -0.1) is 0 Å². The van der Waals surface area contributed by atoms with Crippen molar-refractivity contribution in [2.75, 3.05) is 19.8 Å². The Balaban J connectivity index is 1.43. The van der Waals surface area contributed by atoms with E-state index in [1.165, 1.54) is 4.90 Å². The van der Waals surface area contributed by atoms with Crippen LogP contribution in [0.25, 0.3) is 6.08 Å². The molecule has 180 valence electrons. The van der Waals surface area contributed by atoms with Crippen molar-refractivity contribution >= 4 is 29.0 Å². The Hall–Kier alpha value is -3.71. The Kier molecular flexibility index (Phi) is 8.11. The third kappa shape index (κ3) is 6.25. The molecule has 0 aliphatic carbocycles. The molecule has 1 fully saturated rings. The second-order valence-electron chi connectivity index (χ2n) is 7.84. The average molecular weight is 490 g/mol. The molecular weight excluding hydrogens is 462 g/mol. The van der Waals surface area contributed by atoms with Crippen LogP contribution in [0.3, 0.4) is 0 Å². The van der Waals surface area contributed by atoms with Crippen LogP contribution < -0.4 is 14.2 Å². The lowest BCUT2D eigenvalue weighted by atomic mass is 10.1. The molecule has 0 atom stereocenters. The number of aryl methyl sites for hydroxylation is 1. The molecule has 35 heavy (non-hydrogen) atoms. The van der Waals surface area contributed by atoms with E-state index in [1.54, 1.807) is 12.1 Å². The first-order valence-electron chi connectivity index (χ1n) is 11.4. The fourth-order valence-electron chi connectivity index (χ4n) is 3.58. The topological polar surface area (TPSA) is 65.1 Å². The third-order valence-electron chi connectivity index (χ3n) is 5.38. The van der Waals surface area contributed by atoms with Gasteiger partial charge < -0.3 is 14.2 Å². The van der Waals surface area contributed by atoms with Crippen molar-refractivity contribution in [1.29, 1.82) is 0 Å². The van der Waals surface area contributed by atoms with Crippen molar-refractivity contribution in [3.63, 3.8) is 0 Å². The van der Waals surface area contributed by atoms with E-state index >= 15 is 0 Å². The van der Waals surface area contributed by atoms with Crippen LogP contribution in [0.1, 0.15) is 23.6 Å². The van der Waals surface area contributed by atoms with Gasteiger partial charge in [0.1, 0.15) is 19.0 Å². The summed E-state index contributed by atoms with van der Waals surface area (Å²) in [5, 5.41) is -0.270. The lowest BCUT2D eigenvalue weighted by Crippen LogP contribution is -2.27. The number of rotatable bonds is 10. The predicted octanol–water partition coefficient (Wildman–Crippen LogP) is 6.09. The summed E-state index contributed by atoms with van der Waals surface area (Å²) in [5.74, 6) is 1.65. The second-order valence-corrected chi connectivity index (χ2v) is 8.84. The van der Waals surface area contributed by atoms with Crippen molar-refractivity contribution in [3.05, 3.63) is 94.4 Å². The first kappa shape index (κ1) is 24.4. The van der Waals surface area contributed by atoms with E-state index in [0.29, 0.717) is 36.2 Å². The Morgan fingerprint density at radius 2 is 1.60 bits per heavy atom. The van der Waals surface area contributed by atoms with Crippen LogP contribution in [0.15, 0.2) is 77.7 Å². The number of benzene rings is 3. The normalized spacial score (nSPS) is 14.5. The molecule has 1 aliphatic rings. The van der Waals surface area contributed by atoms with Crippen LogP contribution in [0.2, 0.25) is 0 Å². The highest BCUT2D eigenvalue weighted by Crippen LogP contribution is 2.35. The Labute approximate surface area is 209 Å². The van der Waals surface area contributed by atoms with Crippen LogP contribution in [0.5, 0.6) is 17.2 Å². The van der Waals surface area contributed by atoms with Gasteiger partial charge in [0.15, 0.2) is 11.5 Å². The number of carbonyl (C=O) groups is 2. The lowest BCUT2D eigenvalue weighted by molar-refractivity contribution is -0.123. The van der Waals surface area contributed by atoms with Crippen molar-refractivity contribution in [3.8, 4) is 17.2 Å². The molecule has 0 bridgehead atoms. The Morgan fingerprint density at radius 1 is 0.857 bits per heavy atom. The first-order valence-corrected chi connectivity index (χ1v) is 12.2. The minimum atomic E-state index is -0.292. The van der Waals surface area contributed by atoms with Crippen LogP contribution >= 0.6 is 11.8 Å². The summed E-state index contributed by atoms with van der Waals surface area (Å²) in [6.45, 7) is 5.34. The highest BCUT2D eigenvalue weighted by molar-refractivity contribution is 8.18. The molecule has 1 heterocycles. The zero-order valence-corrected chi connectivity index (χ0v) is 20.5. The van der Waals surface area contributed by atoms with E-state index in [1.807, 2.05) is 80.6 Å². The van der Waals surface area contributed by atoms with E-state index in [4.69, 9.17) is 14.2 Å². The molecule has 3 aromatic carbocycles. The maximum atomic E-state index is 13.0. The molecule has 3 aromatic rings. The largest absolute Gasteiger partial charge is 0.490 e. The summed E-state index contributed by atoms with van der Waals surface area (Å²) >= 11 is 0.950. The number of carbonyl (C=O) groups excluding carboxylic acids is 2. The standard InChI is InChI=1S/C28H27NO5S/c1-3-32-25-17-21(13-14-24(25)34-16-15-33-23-11-5-4-6-12-23)18-26-27(30)29(28(31)35-26)19-22-10-8-7-9-20(22)2/h4-14,17-18H,3,15-16,19H2,1-2H3/b26-18-. The molecule has 4 rings (SSSR count). The quantitative estimate of drug-likeness (QED) is 0.254. The Bertz CT molecular complexity index is 1230. The van der Waals surface area contributed by atoms with E-state index in [9.17, 15) is 9.59 Å². The fraction of sp³-hybridized carbons (Fsp3) is 0.214. The fourth-order valence-corrected chi connectivity index (χ4v) is 4.41. The van der Waals surface area contributed by atoms with Gasteiger partial charge in [0.05, 0.1) is 18.1 Å². The predicted molar refractivity (Wildman–Crippen MR) is 138 cm³/mol. The van der Waals surface area contributed by atoms with Crippen LogP contribution in [-0.4, -0.2) is 35.9 Å². The monoisotopic (exact) mass is 489 g/mol. The summed E-state index contributed by atoms with van der Waals surface area (Å²) in [7, 11) is 0. The van der Waals surface area contributed by atoms with Gasteiger partial charge >= 0.3 is 0 Å². The van der Waals surface area contributed by atoms with Crippen molar-refractivity contribution in [1.82, 2.24) is 4.90 Å². The van der Waals surface area contributed by atoms with E-state index < -0.39 is 0 Å². The van der Waals surface area contributed by atoms with Gasteiger partial charge in [-0.05, 0) is 72.6 Å².